The third-order valence-electron chi connectivity index (χ3n) is 6.26. The van der Waals surface area contributed by atoms with Gasteiger partial charge in [-0.2, -0.15) is 18.4 Å². The molecule has 0 aliphatic carbocycles. The van der Waals surface area contributed by atoms with Crippen LogP contribution in [-0.4, -0.2) is 60.0 Å². The van der Waals surface area contributed by atoms with Crippen molar-refractivity contribution >= 4 is 27.1 Å². The number of methoxy groups -OCH3 is 1. The molecule has 1 aliphatic rings. The van der Waals surface area contributed by atoms with Gasteiger partial charge in [0.05, 0.1) is 29.6 Å². The first kappa shape index (κ1) is 28.7. The summed E-state index contributed by atoms with van der Waals surface area (Å²) >= 11 is 0. The lowest BCUT2D eigenvalue weighted by atomic mass is 9.97. The Balaban J connectivity index is 1.98. The van der Waals surface area contributed by atoms with E-state index >= 15 is 0 Å². The maximum atomic E-state index is 12.9. The van der Waals surface area contributed by atoms with Gasteiger partial charge in [-0.1, -0.05) is 6.07 Å². The zero-order valence-corrected chi connectivity index (χ0v) is 21.5. The van der Waals surface area contributed by atoms with E-state index in [2.05, 4.69) is 23.2 Å². The van der Waals surface area contributed by atoms with Crippen LogP contribution in [0.2, 0.25) is 0 Å². The van der Waals surface area contributed by atoms with Crippen LogP contribution in [0.3, 0.4) is 0 Å². The number of ether oxygens (including phenoxy) is 2. The highest BCUT2D eigenvalue weighted by atomic mass is 32.2. The van der Waals surface area contributed by atoms with E-state index < -0.39 is 28.0 Å². The summed E-state index contributed by atoms with van der Waals surface area (Å²) < 4.78 is 74.1. The van der Waals surface area contributed by atoms with Gasteiger partial charge in [0.1, 0.15) is 0 Å². The van der Waals surface area contributed by atoms with Gasteiger partial charge in [-0.05, 0) is 61.7 Å². The van der Waals surface area contributed by atoms with Crippen LogP contribution in [0.5, 0.6) is 0 Å². The van der Waals surface area contributed by atoms with Crippen molar-refractivity contribution in [3.63, 3.8) is 0 Å². The molecule has 1 saturated heterocycles. The molecular weight excluding hydrogens is 509 g/mol. The number of nitrogens with zero attached hydrogens (tertiary/aromatic N) is 2. The average molecular weight is 541 g/mol. The number of halogens is 3. The standard InChI is InChI=1S/C25H31F3N4O4S/c1-3-32(22-10-12-36-13-11-22)24-9-6-19(14-23(24)31-21-7-4-18(15-29)5-8-21)20(17-35-2)16-30-37(33,34)25(26,27)28/h4-9,14,20,22,30-31H,3,10-13,16-17H2,1-2H3. The molecule has 8 nitrogen and oxygen atoms in total. The van der Waals surface area contributed by atoms with E-state index in [1.165, 1.54) is 7.11 Å². The van der Waals surface area contributed by atoms with E-state index in [1.807, 2.05) is 6.07 Å². The molecule has 0 bridgehead atoms. The van der Waals surface area contributed by atoms with Crippen molar-refractivity contribution < 1.29 is 31.1 Å². The van der Waals surface area contributed by atoms with E-state index in [0.717, 1.165) is 30.8 Å². The normalized spacial score (nSPS) is 15.7. The number of anilines is 3. The van der Waals surface area contributed by atoms with Gasteiger partial charge in [0.15, 0.2) is 0 Å². The molecular formula is C25H31F3N4O4S. The van der Waals surface area contributed by atoms with Gasteiger partial charge >= 0.3 is 15.5 Å². The van der Waals surface area contributed by atoms with Crippen molar-refractivity contribution in [3.05, 3.63) is 53.6 Å². The van der Waals surface area contributed by atoms with Gasteiger partial charge in [-0.15, -0.1) is 0 Å². The first-order valence-corrected chi connectivity index (χ1v) is 13.4. The maximum Gasteiger partial charge on any atom is 0.511 e. The molecule has 12 heteroatoms. The molecule has 1 unspecified atom stereocenters. The van der Waals surface area contributed by atoms with Gasteiger partial charge < -0.3 is 19.7 Å². The van der Waals surface area contributed by atoms with Crippen LogP contribution in [0.4, 0.5) is 30.2 Å². The summed E-state index contributed by atoms with van der Waals surface area (Å²) in [6.07, 6.45) is 1.72. The molecule has 0 radical (unpaired) electrons. The van der Waals surface area contributed by atoms with Crippen LogP contribution in [0, 0.1) is 11.3 Å². The highest BCUT2D eigenvalue weighted by molar-refractivity contribution is 7.90. The lowest BCUT2D eigenvalue weighted by Gasteiger charge is -2.37. The monoisotopic (exact) mass is 540 g/mol. The maximum absolute atomic E-state index is 12.9. The molecule has 2 N–H and O–H groups in total. The topological polar surface area (TPSA) is 104 Å². The molecule has 37 heavy (non-hydrogen) atoms. The summed E-state index contributed by atoms with van der Waals surface area (Å²) in [5.41, 5.74) is -1.96. The minimum absolute atomic E-state index is 0.00743. The zero-order chi connectivity index (χ0) is 27.1. The summed E-state index contributed by atoms with van der Waals surface area (Å²) in [4.78, 5) is 2.26. The summed E-state index contributed by atoms with van der Waals surface area (Å²) in [6, 6.07) is 14.7. The van der Waals surface area contributed by atoms with Crippen molar-refractivity contribution in [3.8, 4) is 6.07 Å². The molecule has 2 aromatic carbocycles. The number of nitriles is 1. The molecule has 1 fully saturated rings. The second kappa shape index (κ2) is 12.6. The van der Waals surface area contributed by atoms with Crippen LogP contribution in [0.1, 0.15) is 36.8 Å². The first-order valence-electron chi connectivity index (χ1n) is 11.9. The number of hydrogen-bond donors (Lipinski definition) is 2. The Kier molecular flexibility index (Phi) is 9.78. The van der Waals surface area contributed by atoms with Crippen molar-refractivity contribution in [2.24, 2.45) is 0 Å². The highest BCUT2D eigenvalue weighted by Gasteiger charge is 2.45. The van der Waals surface area contributed by atoms with Crippen LogP contribution in [0.25, 0.3) is 0 Å². The molecule has 1 heterocycles. The van der Waals surface area contributed by atoms with E-state index in [4.69, 9.17) is 14.7 Å². The average Bonchev–Trinajstić information content (AvgIpc) is 2.88. The van der Waals surface area contributed by atoms with Gasteiger partial charge in [0, 0.05) is 51.1 Å². The zero-order valence-electron chi connectivity index (χ0n) is 20.7. The lowest BCUT2D eigenvalue weighted by Crippen LogP contribution is -2.40. The summed E-state index contributed by atoms with van der Waals surface area (Å²) in [6.45, 7) is 3.61. The van der Waals surface area contributed by atoms with E-state index in [9.17, 15) is 21.6 Å². The SMILES string of the molecule is CCN(c1ccc(C(CNS(=O)(=O)C(F)(F)F)COC)cc1Nc1ccc(C#N)cc1)C1CCOCC1. The molecule has 202 valence electrons. The second-order valence-corrected chi connectivity index (χ2v) is 10.4. The van der Waals surface area contributed by atoms with E-state index in [0.29, 0.717) is 30.0 Å². The van der Waals surface area contributed by atoms with E-state index in [1.54, 1.807) is 41.1 Å². The molecule has 1 atom stereocenters. The predicted octanol–water partition coefficient (Wildman–Crippen LogP) is 4.48. The lowest BCUT2D eigenvalue weighted by molar-refractivity contribution is -0.0448. The Labute approximate surface area is 215 Å². The number of alkyl halides is 3. The fraction of sp³-hybridized carbons (Fsp3) is 0.480. The Hall–Kier alpha value is -2.85. The van der Waals surface area contributed by atoms with Gasteiger partial charge in [-0.25, -0.2) is 13.1 Å². The molecule has 3 rings (SSSR count). The second-order valence-electron chi connectivity index (χ2n) is 8.67. The highest BCUT2D eigenvalue weighted by Crippen LogP contribution is 2.35. The Bertz CT molecular complexity index is 1180. The van der Waals surface area contributed by atoms with Gasteiger partial charge in [-0.3, -0.25) is 0 Å². The Morgan fingerprint density at radius 1 is 1.19 bits per heavy atom. The molecule has 0 amide bonds. The molecule has 1 aliphatic heterocycles. The number of nitrogens with one attached hydrogen (secondary N) is 2. The minimum Gasteiger partial charge on any atom is -0.384 e. The first-order chi connectivity index (χ1) is 17.6. The Morgan fingerprint density at radius 3 is 2.43 bits per heavy atom. The van der Waals surface area contributed by atoms with Crippen molar-refractivity contribution in [1.29, 1.82) is 5.26 Å². The number of benzene rings is 2. The molecule has 0 spiro atoms. The summed E-state index contributed by atoms with van der Waals surface area (Å²) in [5, 5.41) is 12.5. The van der Waals surface area contributed by atoms with E-state index in [-0.39, 0.29) is 12.6 Å². The number of sulfonamides is 1. The minimum atomic E-state index is -5.49. The molecule has 0 aromatic heterocycles. The van der Waals surface area contributed by atoms with Crippen LogP contribution < -0.4 is 14.9 Å². The fourth-order valence-electron chi connectivity index (χ4n) is 4.33. The quantitative estimate of drug-likeness (QED) is 0.433. The number of hydrogen-bond acceptors (Lipinski definition) is 7. The van der Waals surface area contributed by atoms with Crippen LogP contribution in [-0.2, 0) is 19.5 Å². The third kappa shape index (κ3) is 7.35. The van der Waals surface area contributed by atoms with Crippen LogP contribution in [0.15, 0.2) is 42.5 Å². The van der Waals surface area contributed by atoms with Gasteiger partial charge in [0.25, 0.3) is 0 Å². The van der Waals surface area contributed by atoms with Crippen molar-refractivity contribution in [1.82, 2.24) is 4.72 Å². The summed E-state index contributed by atoms with van der Waals surface area (Å²) in [7, 11) is -4.09. The van der Waals surface area contributed by atoms with Crippen LogP contribution >= 0.6 is 0 Å². The fourth-order valence-corrected chi connectivity index (χ4v) is 4.91. The molecule has 0 saturated carbocycles. The molecule has 2 aromatic rings. The van der Waals surface area contributed by atoms with Crippen molar-refractivity contribution in [2.45, 2.75) is 37.2 Å². The predicted molar refractivity (Wildman–Crippen MR) is 135 cm³/mol. The van der Waals surface area contributed by atoms with Crippen molar-refractivity contribution in [2.75, 3.05) is 50.2 Å². The smallest absolute Gasteiger partial charge is 0.384 e. The van der Waals surface area contributed by atoms with Gasteiger partial charge in [0.2, 0.25) is 0 Å². The number of rotatable bonds is 11. The third-order valence-corrected chi connectivity index (χ3v) is 7.42. The largest absolute Gasteiger partial charge is 0.511 e. The summed E-state index contributed by atoms with van der Waals surface area (Å²) in [5.74, 6) is -0.671. The Morgan fingerprint density at radius 2 is 1.86 bits per heavy atom.